The van der Waals surface area contributed by atoms with Crippen molar-refractivity contribution in [2.45, 2.75) is 50.0 Å². The minimum absolute atomic E-state index is 0.00676. The Labute approximate surface area is 194 Å². The van der Waals surface area contributed by atoms with E-state index in [0.29, 0.717) is 36.4 Å². The van der Waals surface area contributed by atoms with Crippen LogP contribution in [0.2, 0.25) is 0 Å². The van der Waals surface area contributed by atoms with Gasteiger partial charge in [0.2, 0.25) is 0 Å². The summed E-state index contributed by atoms with van der Waals surface area (Å²) < 4.78 is 35.5. The predicted octanol–water partition coefficient (Wildman–Crippen LogP) is 5.62. The van der Waals surface area contributed by atoms with Crippen LogP contribution in [-0.4, -0.2) is 19.9 Å². The molecule has 2 unspecified atom stereocenters. The lowest BCUT2D eigenvalue weighted by atomic mass is 9.80. The lowest BCUT2D eigenvalue weighted by molar-refractivity contribution is -0.122. The van der Waals surface area contributed by atoms with Gasteiger partial charge in [0.25, 0.3) is 10.0 Å². The van der Waals surface area contributed by atoms with E-state index < -0.39 is 22.0 Å². The molecule has 0 N–H and O–H groups in total. The number of benzene rings is 2. The number of carbonyl (C=O) groups is 1. The molecule has 1 aromatic heterocycles. The number of para-hydroxylation sites is 2. The fourth-order valence-electron chi connectivity index (χ4n) is 4.86. The number of sulfonamides is 1. The molecule has 1 fully saturated rings. The minimum Gasteiger partial charge on any atom is -0.467 e. The molecule has 2 heterocycles. The summed E-state index contributed by atoms with van der Waals surface area (Å²) in [4.78, 5) is 18.2. The number of ketones is 1. The highest BCUT2D eigenvalue weighted by atomic mass is 32.2. The molecule has 2 aliphatic rings. The zero-order valence-corrected chi connectivity index (χ0v) is 19.3. The van der Waals surface area contributed by atoms with Crippen molar-refractivity contribution in [3.63, 3.8) is 0 Å². The molecule has 7 heteroatoms. The van der Waals surface area contributed by atoms with E-state index >= 15 is 0 Å². The van der Waals surface area contributed by atoms with Gasteiger partial charge in [-0.1, -0.05) is 37.6 Å². The Kier molecular flexibility index (Phi) is 5.66. The van der Waals surface area contributed by atoms with Crippen LogP contribution in [0, 0.1) is 5.92 Å². The van der Waals surface area contributed by atoms with Crippen LogP contribution in [0.15, 0.2) is 81.2 Å². The minimum atomic E-state index is -4.03. The van der Waals surface area contributed by atoms with Gasteiger partial charge in [0, 0.05) is 12.1 Å². The second kappa shape index (κ2) is 8.63. The lowest BCUT2D eigenvalue weighted by Gasteiger charge is -2.36. The van der Waals surface area contributed by atoms with Crippen LogP contribution in [0.1, 0.15) is 50.0 Å². The Morgan fingerprint density at radius 2 is 1.82 bits per heavy atom. The fourth-order valence-corrected chi connectivity index (χ4v) is 6.50. The quantitative estimate of drug-likeness (QED) is 0.493. The van der Waals surface area contributed by atoms with E-state index in [2.05, 4.69) is 6.92 Å². The Morgan fingerprint density at radius 1 is 1.03 bits per heavy atom. The number of hydrogen-bond acceptors (Lipinski definition) is 5. The molecule has 0 bridgehead atoms. The smallest absolute Gasteiger partial charge is 0.265 e. The first kappa shape index (κ1) is 21.6. The van der Waals surface area contributed by atoms with Crippen molar-refractivity contribution in [3.8, 4) is 0 Å². The number of carbonyl (C=O) groups excluding carboxylic acids is 1. The molecule has 33 heavy (non-hydrogen) atoms. The van der Waals surface area contributed by atoms with Gasteiger partial charge in [-0.05, 0) is 61.2 Å². The van der Waals surface area contributed by atoms with Gasteiger partial charge in [0.05, 0.1) is 28.5 Å². The van der Waals surface area contributed by atoms with Crippen LogP contribution in [0.4, 0.5) is 11.4 Å². The average molecular weight is 463 g/mol. The van der Waals surface area contributed by atoms with Crippen LogP contribution in [0.25, 0.3) is 0 Å². The topological polar surface area (TPSA) is 80.0 Å². The number of anilines is 1. The van der Waals surface area contributed by atoms with Crippen LogP contribution in [0.3, 0.4) is 0 Å². The van der Waals surface area contributed by atoms with Crippen LogP contribution >= 0.6 is 0 Å². The summed E-state index contributed by atoms with van der Waals surface area (Å²) in [6.07, 6.45) is 5.15. The summed E-state index contributed by atoms with van der Waals surface area (Å²) >= 11 is 0. The van der Waals surface area contributed by atoms with Gasteiger partial charge in [-0.25, -0.2) is 8.42 Å². The van der Waals surface area contributed by atoms with Gasteiger partial charge in [-0.2, -0.15) is 0 Å². The number of Topliss-reactive ketones (excluding diaryl/α,β-unsaturated/α-hetero) is 1. The monoisotopic (exact) mass is 462 g/mol. The highest BCUT2D eigenvalue weighted by molar-refractivity contribution is 7.92. The average Bonchev–Trinajstić information content (AvgIpc) is 3.29. The zero-order chi connectivity index (χ0) is 23.0. The van der Waals surface area contributed by atoms with Crippen molar-refractivity contribution in [3.05, 3.63) is 78.3 Å². The second-order valence-electron chi connectivity index (χ2n) is 8.54. The second-order valence-corrected chi connectivity index (χ2v) is 10.4. The van der Waals surface area contributed by atoms with E-state index in [1.165, 1.54) is 10.6 Å². The third-order valence-electron chi connectivity index (χ3n) is 6.37. The molecule has 0 saturated heterocycles. The number of furan rings is 1. The summed E-state index contributed by atoms with van der Waals surface area (Å²) in [5.74, 6) is -0.259. The molecule has 170 valence electrons. The van der Waals surface area contributed by atoms with Crippen molar-refractivity contribution in [2.75, 3.05) is 4.31 Å². The molecule has 6 nitrogen and oxygen atoms in total. The first-order chi connectivity index (χ1) is 16.0. The molecule has 1 aliphatic carbocycles. The molecule has 0 radical (unpaired) electrons. The van der Waals surface area contributed by atoms with Crippen LogP contribution in [-0.2, 0) is 21.2 Å². The summed E-state index contributed by atoms with van der Waals surface area (Å²) in [6, 6.07) is 16.8. The number of fused-ring (bicyclic) bond motifs is 2. The summed E-state index contributed by atoms with van der Waals surface area (Å²) in [7, 11) is -4.03. The standard InChI is InChI=1S/C26H26N2O4S/c1-2-7-18-13-15-19(16-14-18)33(30,31)28-22-10-4-3-8-20(22)27-21-9-5-11-23(29)25(21)26(28)24-12-6-17-32-24/h3-4,6,8,10,12-17,25-26H,2,5,7,9,11H2,1H3. The third kappa shape index (κ3) is 3.80. The van der Waals surface area contributed by atoms with Crippen molar-refractivity contribution in [2.24, 2.45) is 10.9 Å². The zero-order valence-electron chi connectivity index (χ0n) is 18.5. The molecule has 3 aromatic rings. The summed E-state index contributed by atoms with van der Waals surface area (Å²) in [5, 5.41) is 0. The van der Waals surface area contributed by atoms with Gasteiger partial charge in [0.1, 0.15) is 17.6 Å². The van der Waals surface area contributed by atoms with Crippen molar-refractivity contribution < 1.29 is 17.6 Å². The molecule has 2 aromatic carbocycles. The third-order valence-corrected chi connectivity index (χ3v) is 8.18. The van der Waals surface area contributed by atoms with E-state index in [4.69, 9.17) is 9.41 Å². The normalized spacial score (nSPS) is 20.6. The Hall–Kier alpha value is -3.19. The highest BCUT2D eigenvalue weighted by Crippen LogP contribution is 2.47. The predicted molar refractivity (Wildman–Crippen MR) is 127 cm³/mol. The Bertz CT molecular complexity index is 1290. The molecule has 0 amide bonds. The highest BCUT2D eigenvalue weighted by Gasteiger charge is 2.47. The molecule has 1 aliphatic heterocycles. The number of hydrogen-bond donors (Lipinski definition) is 0. The largest absolute Gasteiger partial charge is 0.467 e. The maximum Gasteiger partial charge on any atom is 0.265 e. The van der Waals surface area contributed by atoms with Crippen LogP contribution in [0.5, 0.6) is 0 Å². The molecular weight excluding hydrogens is 436 g/mol. The maximum atomic E-state index is 14.2. The van der Waals surface area contributed by atoms with Gasteiger partial charge in [-0.3, -0.25) is 14.1 Å². The molecular formula is C26H26N2O4S. The molecule has 2 atom stereocenters. The number of aliphatic imine (C=N–C) groups is 1. The number of nitrogens with zero attached hydrogens (tertiary/aromatic N) is 2. The van der Waals surface area contributed by atoms with Crippen molar-refractivity contribution in [1.29, 1.82) is 0 Å². The van der Waals surface area contributed by atoms with Gasteiger partial charge < -0.3 is 4.42 Å². The fraction of sp³-hybridized carbons (Fsp3) is 0.308. The van der Waals surface area contributed by atoms with E-state index in [9.17, 15) is 13.2 Å². The Balaban J connectivity index is 1.73. The molecule has 1 saturated carbocycles. The lowest BCUT2D eigenvalue weighted by Crippen LogP contribution is -2.44. The van der Waals surface area contributed by atoms with E-state index in [0.717, 1.165) is 24.1 Å². The number of aryl methyl sites for hydroxylation is 1. The summed E-state index contributed by atoms with van der Waals surface area (Å²) in [5.41, 5.74) is 2.80. The molecule has 5 rings (SSSR count). The SMILES string of the molecule is CCCc1ccc(S(=O)(=O)N2c3ccccc3N=C3CCCC(=O)C3C2c2ccco2)cc1. The van der Waals surface area contributed by atoms with E-state index in [-0.39, 0.29) is 10.7 Å². The molecule has 0 spiro atoms. The van der Waals surface area contributed by atoms with Crippen molar-refractivity contribution >= 4 is 32.9 Å². The van der Waals surface area contributed by atoms with Gasteiger partial charge >= 0.3 is 0 Å². The van der Waals surface area contributed by atoms with E-state index in [1.54, 1.807) is 42.5 Å². The van der Waals surface area contributed by atoms with Crippen LogP contribution < -0.4 is 4.31 Å². The van der Waals surface area contributed by atoms with Gasteiger partial charge in [-0.15, -0.1) is 0 Å². The Morgan fingerprint density at radius 3 is 2.55 bits per heavy atom. The van der Waals surface area contributed by atoms with E-state index in [1.807, 2.05) is 18.2 Å². The first-order valence-electron chi connectivity index (χ1n) is 11.4. The first-order valence-corrected chi connectivity index (χ1v) is 12.8. The van der Waals surface area contributed by atoms with Crippen molar-refractivity contribution in [1.82, 2.24) is 0 Å². The summed E-state index contributed by atoms with van der Waals surface area (Å²) in [6.45, 7) is 2.09. The number of rotatable bonds is 5. The maximum absolute atomic E-state index is 14.2. The van der Waals surface area contributed by atoms with Gasteiger partial charge in [0.15, 0.2) is 0 Å².